The van der Waals surface area contributed by atoms with E-state index in [4.69, 9.17) is 5.11 Å². The zero-order valence-corrected chi connectivity index (χ0v) is 12.3. The van der Waals surface area contributed by atoms with Crippen molar-refractivity contribution in [1.29, 1.82) is 0 Å². The average molecular weight is 356 g/mol. The first-order valence-corrected chi connectivity index (χ1v) is 7.04. The van der Waals surface area contributed by atoms with Crippen LogP contribution >= 0.6 is 43.2 Å². The van der Waals surface area contributed by atoms with Crippen LogP contribution in [0.3, 0.4) is 0 Å². The van der Waals surface area contributed by atoms with Gasteiger partial charge < -0.3 is 5.11 Å². The highest BCUT2D eigenvalue weighted by molar-refractivity contribution is 9.12. The Kier molecular flexibility index (Phi) is 5.29. The number of hydrogen-bond acceptors (Lipinski definition) is 2. The van der Waals surface area contributed by atoms with Gasteiger partial charge in [-0.15, -0.1) is 11.3 Å². The summed E-state index contributed by atoms with van der Waals surface area (Å²) < 4.78 is 2.24. The van der Waals surface area contributed by atoms with Crippen LogP contribution in [0.5, 0.6) is 0 Å². The molecule has 0 spiro atoms. The van der Waals surface area contributed by atoms with Crippen molar-refractivity contribution >= 4 is 49.2 Å². The summed E-state index contributed by atoms with van der Waals surface area (Å²) in [5.74, 6) is -0.485. The molecular formula is C10H12Br2O2S. The molecule has 2 nitrogen and oxygen atoms in total. The topological polar surface area (TPSA) is 37.3 Å². The molecule has 0 amide bonds. The number of halogens is 2. The van der Waals surface area contributed by atoms with Gasteiger partial charge in [0.1, 0.15) is 0 Å². The first kappa shape index (κ1) is 13.2. The van der Waals surface area contributed by atoms with Crippen LogP contribution in [0.4, 0.5) is 0 Å². The molecule has 1 rings (SSSR count). The van der Waals surface area contributed by atoms with Gasteiger partial charge in [-0.2, -0.15) is 0 Å². The molecule has 1 atom stereocenters. The first-order chi connectivity index (χ1) is 6.99. The Balaban J connectivity index is 2.43. The maximum absolute atomic E-state index is 10.5. The molecule has 0 saturated heterocycles. The highest BCUT2D eigenvalue weighted by Crippen LogP contribution is 2.33. The summed E-state index contributed by atoms with van der Waals surface area (Å²) in [6, 6.07) is 2.09. The Hall–Kier alpha value is 0.130. The van der Waals surface area contributed by atoms with Crippen molar-refractivity contribution in [2.45, 2.75) is 26.2 Å². The van der Waals surface area contributed by atoms with Gasteiger partial charge in [0.25, 0.3) is 0 Å². The van der Waals surface area contributed by atoms with Crippen LogP contribution in [0.1, 0.15) is 25.3 Å². The third-order valence-corrected chi connectivity index (χ3v) is 4.62. The fourth-order valence-corrected chi connectivity index (χ4v) is 4.26. The predicted molar refractivity (Wildman–Crippen MR) is 69.5 cm³/mol. The fourth-order valence-electron chi connectivity index (χ4n) is 1.35. The molecule has 0 aliphatic carbocycles. The van der Waals surface area contributed by atoms with Crippen LogP contribution in [0.25, 0.3) is 0 Å². The van der Waals surface area contributed by atoms with Crippen LogP contribution in [0, 0.1) is 5.92 Å². The van der Waals surface area contributed by atoms with Crippen molar-refractivity contribution in [1.82, 2.24) is 0 Å². The number of carboxylic acids is 1. The van der Waals surface area contributed by atoms with Crippen LogP contribution < -0.4 is 0 Å². The highest BCUT2D eigenvalue weighted by Gasteiger charge is 2.10. The van der Waals surface area contributed by atoms with Gasteiger partial charge in [0.05, 0.1) is 7.57 Å². The number of rotatable bonds is 5. The molecule has 1 aromatic heterocycles. The van der Waals surface area contributed by atoms with Gasteiger partial charge in [-0.1, -0.05) is 6.92 Å². The van der Waals surface area contributed by atoms with Crippen LogP contribution in [0.2, 0.25) is 0 Å². The number of aryl methyl sites for hydroxylation is 1. The number of carboxylic acid groups (broad SMARTS) is 1. The Morgan fingerprint density at radius 2 is 2.27 bits per heavy atom. The second kappa shape index (κ2) is 6.01. The molecule has 1 heterocycles. The number of aliphatic carboxylic acids is 1. The minimum absolute atomic E-state index is 0.230. The third-order valence-electron chi connectivity index (χ3n) is 2.16. The van der Waals surface area contributed by atoms with Gasteiger partial charge in [0, 0.05) is 6.42 Å². The zero-order chi connectivity index (χ0) is 11.4. The number of hydrogen-bond donors (Lipinski definition) is 1. The standard InChI is InChI=1S/C10H12Br2O2S/c1-6(4-9(13)14)2-3-7-5-8(11)15-10(7)12/h5-6H,2-4H2,1H3,(H,13,14). The van der Waals surface area contributed by atoms with Gasteiger partial charge in [-0.05, 0) is 62.2 Å². The number of carbonyl (C=O) groups is 1. The molecule has 1 aromatic rings. The lowest BCUT2D eigenvalue weighted by Crippen LogP contribution is -2.05. The van der Waals surface area contributed by atoms with Crippen molar-refractivity contribution in [2.75, 3.05) is 0 Å². The second-order valence-electron chi connectivity index (χ2n) is 3.59. The molecule has 0 fully saturated rings. The van der Waals surface area contributed by atoms with E-state index >= 15 is 0 Å². The lowest BCUT2D eigenvalue weighted by Gasteiger charge is -2.07. The highest BCUT2D eigenvalue weighted by atomic mass is 79.9. The van der Waals surface area contributed by atoms with Crippen LogP contribution in [0.15, 0.2) is 13.6 Å². The minimum Gasteiger partial charge on any atom is -0.481 e. The summed E-state index contributed by atoms with van der Waals surface area (Å²) in [6.45, 7) is 1.98. The quantitative estimate of drug-likeness (QED) is 0.854. The zero-order valence-electron chi connectivity index (χ0n) is 8.30. The van der Waals surface area contributed by atoms with E-state index in [1.165, 1.54) is 5.56 Å². The molecule has 0 aromatic carbocycles. The largest absolute Gasteiger partial charge is 0.481 e. The lowest BCUT2D eigenvalue weighted by atomic mass is 10.00. The van der Waals surface area contributed by atoms with E-state index in [1.807, 2.05) is 6.92 Å². The van der Waals surface area contributed by atoms with Gasteiger partial charge in [-0.25, -0.2) is 0 Å². The minimum atomic E-state index is -0.715. The molecule has 0 bridgehead atoms. The molecule has 0 radical (unpaired) electrons. The summed E-state index contributed by atoms with van der Waals surface area (Å²) in [6.07, 6.45) is 2.09. The average Bonchev–Trinajstić information content (AvgIpc) is 2.40. The summed E-state index contributed by atoms with van der Waals surface area (Å²) in [5.41, 5.74) is 1.25. The predicted octanol–water partition coefficient (Wildman–Crippen LogP) is 4.32. The van der Waals surface area contributed by atoms with Gasteiger partial charge in [0.2, 0.25) is 0 Å². The SMILES string of the molecule is CC(CCc1cc(Br)sc1Br)CC(=O)O. The summed E-state index contributed by atoms with van der Waals surface area (Å²) in [5, 5.41) is 8.63. The van der Waals surface area contributed by atoms with Crippen molar-refractivity contribution in [3.63, 3.8) is 0 Å². The van der Waals surface area contributed by atoms with Gasteiger partial charge in [-0.3, -0.25) is 4.79 Å². The molecule has 84 valence electrons. The smallest absolute Gasteiger partial charge is 0.303 e. The molecule has 0 aliphatic rings. The molecule has 15 heavy (non-hydrogen) atoms. The first-order valence-electron chi connectivity index (χ1n) is 4.64. The third kappa shape index (κ3) is 4.66. The lowest BCUT2D eigenvalue weighted by molar-refractivity contribution is -0.138. The molecule has 0 saturated carbocycles. The van der Waals surface area contributed by atoms with E-state index < -0.39 is 5.97 Å². The monoisotopic (exact) mass is 354 g/mol. The van der Waals surface area contributed by atoms with Gasteiger partial charge >= 0.3 is 5.97 Å². The molecule has 0 aliphatic heterocycles. The van der Waals surface area contributed by atoms with E-state index in [0.29, 0.717) is 0 Å². The van der Waals surface area contributed by atoms with Crippen molar-refractivity contribution in [3.05, 3.63) is 19.2 Å². The van der Waals surface area contributed by atoms with Crippen molar-refractivity contribution in [3.8, 4) is 0 Å². The van der Waals surface area contributed by atoms with E-state index in [2.05, 4.69) is 37.9 Å². The summed E-state index contributed by atoms with van der Waals surface area (Å²) in [7, 11) is 0. The summed E-state index contributed by atoms with van der Waals surface area (Å²) in [4.78, 5) is 10.5. The summed E-state index contributed by atoms with van der Waals surface area (Å²) >= 11 is 8.57. The second-order valence-corrected chi connectivity index (χ2v) is 7.34. The normalized spacial score (nSPS) is 12.7. The molecule has 1 unspecified atom stereocenters. The molecule has 1 N–H and O–H groups in total. The van der Waals surface area contributed by atoms with E-state index in [0.717, 1.165) is 20.4 Å². The van der Waals surface area contributed by atoms with Crippen LogP contribution in [-0.2, 0) is 11.2 Å². The van der Waals surface area contributed by atoms with Crippen molar-refractivity contribution < 1.29 is 9.90 Å². The fraction of sp³-hybridized carbons (Fsp3) is 0.500. The van der Waals surface area contributed by atoms with Crippen molar-refractivity contribution in [2.24, 2.45) is 5.92 Å². The Bertz CT molecular complexity index is 349. The van der Waals surface area contributed by atoms with E-state index in [1.54, 1.807) is 11.3 Å². The number of thiophene rings is 1. The van der Waals surface area contributed by atoms with Crippen LogP contribution in [-0.4, -0.2) is 11.1 Å². The van der Waals surface area contributed by atoms with E-state index in [9.17, 15) is 4.79 Å². The Morgan fingerprint density at radius 3 is 2.73 bits per heavy atom. The molecule has 5 heteroatoms. The maximum atomic E-state index is 10.5. The molecular weight excluding hydrogens is 344 g/mol. The van der Waals surface area contributed by atoms with Gasteiger partial charge in [0.15, 0.2) is 0 Å². The maximum Gasteiger partial charge on any atom is 0.303 e. The Labute approximate surface area is 110 Å². The Morgan fingerprint density at radius 1 is 1.60 bits per heavy atom. The van der Waals surface area contributed by atoms with E-state index in [-0.39, 0.29) is 12.3 Å².